The molecule has 0 radical (unpaired) electrons. The summed E-state index contributed by atoms with van der Waals surface area (Å²) in [5.41, 5.74) is -0.905. The number of carbonyl (C=O) groups excluding carboxylic acids is 2. The Morgan fingerprint density at radius 2 is 1.27 bits per heavy atom. The SMILES string of the molecule is CCC=CCC=CCC=CCC=CCC=CCC=CCCC(=O)OCCCNC(=O)C(O)C(C)(C)CO. The van der Waals surface area contributed by atoms with Gasteiger partial charge >= 0.3 is 5.97 Å². The Hall–Kier alpha value is -2.70. The number of rotatable bonds is 21. The van der Waals surface area contributed by atoms with Crippen molar-refractivity contribution in [1.82, 2.24) is 5.32 Å². The van der Waals surface area contributed by atoms with Crippen molar-refractivity contribution in [2.24, 2.45) is 5.41 Å². The minimum absolute atomic E-state index is 0.211. The van der Waals surface area contributed by atoms with E-state index in [1.807, 2.05) is 12.2 Å². The molecule has 1 unspecified atom stereocenters. The van der Waals surface area contributed by atoms with E-state index in [0.717, 1.165) is 38.5 Å². The maximum absolute atomic E-state index is 11.8. The molecule has 0 bridgehead atoms. The third-order valence-electron chi connectivity index (χ3n) is 5.39. The molecule has 0 saturated carbocycles. The van der Waals surface area contributed by atoms with Crippen LogP contribution in [-0.2, 0) is 14.3 Å². The lowest BCUT2D eigenvalue weighted by molar-refractivity contribution is -0.143. The van der Waals surface area contributed by atoms with Crippen molar-refractivity contribution in [3.63, 3.8) is 0 Å². The third kappa shape index (κ3) is 21.1. The number of ether oxygens (including phenoxy) is 1. The number of hydrogen-bond donors (Lipinski definition) is 3. The number of aliphatic hydroxyl groups excluding tert-OH is 2. The molecule has 3 N–H and O–H groups in total. The van der Waals surface area contributed by atoms with E-state index in [4.69, 9.17) is 4.74 Å². The number of hydrogen-bond acceptors (Lipinski definition) is 5. The molecular weight excluding hydrogens is 466 g/mol. The van der Waals surface area contributed by atoms with E-state index in [2.05, 4.69) is 73.0 Å². The minimum Gasteiger partial charge on any atom is -0.466 e. The minimum atomic E-state index is -1.29. The number of nitrogens with one attached hydrogen (secondary N) is 1. The molecule has 0 spiro atoms. The molecule has 0 aliphatic heterocycles. The highest BCUT2D eigenvalue weighted by Gasteiger charge is 2.32. The molecule has 6 heteroatoms. The lowest BCUT2D eigenvalue weighted by atomic mass is 9.87. The summed E-state index contributed by atoms with van der Waals surface area (Å²) in [6, 6.07) is 0. The highest BCUT2D eigenvalue weighted by Crippen LogP contribution is 2.19. The summed E-state index contributed by atoms with van der Waals surface area (Å²) in [6.07, 6.45) is 31.6. The molecule has 6 nitrogen and oxygen atoms in total. The zero-order valence-corrected chi connectivity index (χ0v) is 23.1. The van der Waals surface area contributed by atoms with Gasteiger partial charge in [0.15, 0.2) is 0 Å². The molecule has 208 valence electrons. The fourth-order valence-corrected chi connectivity index (χ4v) is 2.92. The Bertz CT molecular complexity index is 774. The summed E-state index contributed by atoms with van der Waals surface area (Å²) in [4.78, 5) is 23.6. The van der Waals surface area contributed by atoms with Crippen molar-refractivity contribution in [3.8, 4) is 0 Å². The number of esters is 1. The Morgan fingerprint density at radius 1 is 0.811 bits per heavy atom. The van der Waals surface area contributed by atoms with Gasteiger partial charge < -0.3 is 20.3 Å². The van der Waals surface area contributed by atoms with Crippen LogP contribution in [0.4, 0.5) is 0 Å². The number of aliphatic hydroxyl groups is 2. The van der Waals surface area contributed by atoms with Crippen LogP contribution in [-0.4, -0.2) is 48.0 Å². The zero-order valence-electron chi connectivity index (χ0n) is 23.1. The second kappa shape index (κ2) is 23.7. The lowest BCUT2D eigenvalue weighted by Crippen LogP contribution is -2.45. The molecule has 1 amide bonds. The molecule has 0 aromatic carbocycles. The molecule has 0 aliphatic rings. The van der Waals surface area contributed by atoms with E-state index < -0.39 is 17.4 Å². The Balaban J connectivity index is 3.70. The van der Waals surface area contributed by atoms with Crippen molar-refractivity contribution in [1.29, 1.82) is 0 Å². The average Bonchev–Trinajstić information content (AvgIpc) is 2.89. The van der Waals surface area contributed by atoms with Crippen LogP contribution in [0.5, 0.6) is 0 Å². The van der Waals surface area contributed by atoms with E-state index in [0.29, 0.717) is 19.3 Å². The Morgan fingerprint density at radius 3 is 1.73 bits per heavy atom. The summed E-state index contributed by atoms with van der Waals surface area (Å²) < 4.78 is 5.15. The molecule has 0 aromatic heterocycles. The van der Waals surface area contributed by atoms with E-state index in [9.17, 15) is 19.8 Å². The topological polar surface area (TPSA) is 95.9 Å². The first-order chi connectivity index (χ1) is 17.8. The highest BCUT2D eigenvalue weighted by molar-refractivity contribution is 5.81. The van der Waals surface area contributed by atoms with Gasteiger partial charge in [-0.2, -0.15) is 0 Å². The molecule has 0 fully saturated rings. The molecular formula is C31H49NO5. The smallest absolute Gasteiger partial charge is 0.306 e. The van der Waals surface area contributed by atoms with Gasteiger partial charge in [-0.05, 0) is 51.4 Å². The summed E-state index contributed by atoms with van der Waals surface area (Å²) >= 11 is 0. The van der Waals surface area contributed by atoms with Gasteiger partial charge in [0, 0.05) is 18.4 Å². The Labute approximate surface area is 224 Å². The third-order valence-corrected chi connectivity index (χ3v) is 5.39. The van der Waals surface area contributed by atoms with Crippen LogP contribution in [0, 0.1) is 5.41 Å². The summed E-state index contributed by atoms with van der Waals surface area (Å²) in [7, 11) is 0. The van der Waals surface area contributed by atoms with Crippen LogP contribution >= 0.6 is 0 Å². The average molecular weight is 516 g/mol. The highest BCUT2D eigenvalue weighted by atomic mass is 16.5. The first kappa shape index (κ1) is 34.3. The van der Waals surface area contributed by atoms with Crippen LogP contribution < -0.4 is 5.32 Å². The second-order valence-corrected chi connectivity index (χ2v) is 9.37. The van der Waals surface area contributed by atoms with Crippen LogP contribution in [0.2, 0.25) is 0 Å². The zero-order chi connectivity index (χ0) is 27.6. The van der Waals surface area contributed by atoms with Gasteiger partial charge in [0.05, 0.1) is 13.2 Å². The fraction of sp³-hybridized carbons (Fsp3) is 0.548. The van der Waals surface area contributed by atoms with E-state index in [1.165, 1.54) is 0 Å². The van der Waals surface area contributed by atoms with Crippen LogP contribution in [0.1, 0.15) is 78.6 Å². The van der Waals surface area contributed by atoms with Crippen molar-refractivity contribution < 1.29 is 24.5 Å². The Kier molecular flexibility index (Phi) is 22.0. The van der Waals surface area contributed by atoms with E-state index >= 15 is 0 Å². The molecule has 0 aromatic rings. The monoisotopic (exact) mass is 515 g/mol. The molecule has 0 saturated heterocycles. The second-order valence-electron chi connectivity index (χ2n) is 9.37. The maximum atomic E-state index is 11.8. The summed E-state index contributed by atoms with van der Waals surface area (Å²) in [5, 5.41) is 21.7. The van der Waals surface area contributed by atoms with Crippen molar-refractivity contribution >= 4 is 11.9 Å². The standard InChI is InChI=1S/C31H49NO5/c1-4-5-6-7-8-9-10-11-12-13-14-15-16-17-18-19-20-21-22-24-28(34)37-26-23-25-32-30(36)29(35)31(2,3)27-33/h5-6,8-9,11-12,14-15,17-18,20-21,29,33,35H,4,7,10,13,16,19,22-27H2,1-3H3,(H,32,36). The van der Waals surface area contributed by atoms with Crippen molar-refractivity contribution in [2.75, 3.05) is 19.8 Å². The van der Waals surface area contributed by atoms with E-state index in [1.54, 1.807) is 13.8 Å². The van der Waals surface area contributed by atoms with Crippen molar-refractivity contribution in [2.45, 2.75) is 84.7 Å². The van der Waals surface area contributed by atoms with Crippen LogP contribution in [0.25, 0.3) is 0 Å². The lowest BCUT2D eigenvalue weighted by Gasteiger charge is -2.27. The summed E-state index contributed by atoms with van der Waals surface area (Å²) in [6.45, 7) is 5.56. The normalized spacial score (nSPS) is 13.8. The molecule has 0 rings (SSSR count). The molecule has 0 aliphatic carbocycles. The molecule has 0 heterocycles. The summed E-state index contributed by atoms with van der Waals surface area (Å²) in [5.74, 6) is -0.810. The number of allylic oxidation sites excluding steroid dienone is 12. The molecule has 1 atom stereocenters. The fourth-order valence-electron chi connectivity index (χ4n) is 2.92. The quantitative estimate of drug-likeness (QED) is 0.101. The molecule has 37 heavy (non-hydrogen) atoms. The first-order valence-electron chi connectivity index (χ1n) is 13.5. The van der Waals surface area contributed by atoms with Gasteiger partial charge in [-0.1, -0.05) is 93.7 Å². The van der Waals surface area contributed by atoms with Crippen LogP contribution in [0.3, 0.4) is 0 Å². The predicted octanol–water partition coefficient (Wildman–Crippen LogP) is 5.89. The van der Waals surface area contributed by atoms with Gasteiger partial charge in [0.2, 0.25) is 5.91 Å². The predicted molar refractivity (Wildman–Crippen MR) is 153 cm³/mol. The van der Waals surface area contributed by atoms with E-state index in [-0.39, 0.29) is 25.7 Å². The van der Waals surface area contributed by atoms with Gasteiger partial charge in [-0.25, -0.2) is 0 Å². The first-order valence-corrected chi connectivity index (χ1v) is 13.5. The van der Waals surface area contributed by atoms with Crippen LogP contribution in [0.15, 0.2) is 72.9 Å². The van der Waals surface area contributed by atoms with Crippen molar-refractivity contribution in [3.05, 3.63) is 72.9 Å². The maximum Gasteiger partial charge on any atom is 0.306 e. The largest absolute Gasteiger partial charge is 0.466 e. The number of amides is 1. The number of carbonyl (C=O) groups is 2. The van der Waals surface area contributed by atoms with Gasteiger partial charge in [0.25, 0.3) is 0 Å². The van der Waals surface area contributed by atoms with Gasteiger partial charge in [-0.15, -0.1) is 0 Å². The van der Waals surface area contributed by atoms with Gasteiger partial charge in [0.1, 0.15) is 6.10 Å². The van der Waals surface area contributed by atoms with Gasteiger partial charge in [-0.3, -0.25) is 9.59 Å².